The number of benzene rings is 2. The summed E-state index contributed by atoms with van der Waals surface area (Å²) in [5, 5.41) is 0. The highest BCUT2D eigenvalue weighted by molar-refractivity contribution is 7.89. The lowest BCUT2D eigenvalue weighted by Crippen LogP contribution is -2.34. The molecule has 0 saturated heterocycles. The van der Waals surface area contributed by atoms with Crippen LogP contribution in [-0.2, 0) is 15.6 Å². The Morgan fingerprint density at radius 2 is 1.58 bits per heavy atom. The summed E-state index contributed by atoms with van der Waals surface area (Å²) in [6.07, 6.45) is 1.57. The molecular weight excluding hydrogens is 326 g/mol. The van der Waals surface area contributed by atoms with Gasteiger partial charge in [0.05, 0.1) is 24.2 Å². The van der Waals surface area contributed by atoms with Crippen molar-refractivity contribution in [2.24, 2.45) is 0 Å². The standard InChI is InChI=1S/C18H21NO4S/c1-3-23-16-8-10-17(11-9-16)24(20,21)19-18(12-13-18)14-4-6-15(22-2)7-5-14/h4-11,19H,3,12-13H2,1-2H3. The van der Waals surface area contributed by atoms with Gasteiger partial charge in [-0.25, -0.2) is 13.1 Å². The lowest BCUT2D eigenvalue weighted by Gasteiger charge is -2.18. The molecule has 1 saturated carbocycles. The van der Waals surface area contributed by atoms with Crippen LogP contribution in [0.1, 0.15) is 25.3 Å². The van der Waals surface area contributed by atoms with Crippen LogP contribution in [0, 0.1) is 0 Å². The van der Waals surface area contributed by atoms with E-state index < -0.39 is 15.6 Å². The molecule has 1 aliphatic carbocycles. The normalized spacial score (nSPS) is 15.8. The maximum absolute atomic E-state index is 12.7. The zero-order valence-corrected chi connectivity index (χ0v) is 14.6. The van der Waals surface area contributed by atoms with Crippen molar-refractivity contribution in [2.75, 3.05) is 13.7 Å². The van der Waals surface area contributed by atoms with Gasteiger partial charge in [0.15, 0.2) is 0 Å². The lowest BCUT2D eigenvalue weighted by atomic mass is 10.1. The van der Waals surface area contributed by atoms with Gasteiger partial charge in [-0.1, -0.05) is 12.1 Å². The molecule has 6 heteroatoms. The third kappa shape index (κ3) is 3.39. The molecule has 0 amide bonds. The van der Waals surface area contributed by atoms with Crippen LogP contribution in [0.25, 0.3) is 0 Å². The van der Waals surface area contributed by atoms with E-state index in [1.165, 1.54) is 0 Å². The minimum Gasteiger partial charge on any atom is -0.497 e. The number of ether oxygens (including phenoxy) is 2. The quantitative estimate of drug-likeness (QED) is 0.836. The Kier molecular flexibility index (Phi) is 4.51. The van der Waals surface area contributed by atoms with Crippen molar-refractivity contribution in [1.82, 2.24) is 4.72 Å². The minimum atomic E-state index is -3.59. The monoisotopic (exact) mass is 347 g/mol. The van der Waals surface area contributed by atoms with Crippen LogP contribution in [0.2, 0.25) is 0 Å². The fraction of sp³-hybridized carbons (Fsp3) is 0.333. The number of nitrogens with one attached hydrogen (secondary N) is 1. The van der Waals surface area contributed by atoms with Crippen LogP contribution < -0.4 is 14.2 Å². The van der Waals surface area contributed by atoms with Gasteiger partial charge in [0.2, 0.25) is 10.0 Å². The molecule has 0 heterocycles. The van der Waals surface area contributed by atoms with Gasteiger partial charge >= 0.3 is 0 Å². The smallest absolute Gasteiger partial charge is 0.241 e. The van der Waals surface area contributed by atoms with Crippen LogP contribution in [-0.4, -0.2) is 22.1 Å². The summed E-state index contributed by atoms with van der Waals surface area (Å²) in [6, 6.07) is 14.0. The number of methoxy groups -OCH3 is 1. The first kappa shape index (κ1) is 16.8. The van der Waals surface area contributed by atoms with E-state index in [4.69, 9.17) is 9.47 Å². The van der Waals surface area contributed by atoms with Crippen molar-refractivity contribution in [3.05, 3.63) is 54.1 Å². The Hall–Kier alpha value is -2.05. The van der Waals surface area contributed by atoms with Gasteiger partial charge in [-0.05, 0) is 61.7 Å². The third-order valence-electron chi connectivity index (χ3n) is 4.17. The van der Waals surface area contributed by atoms with Gasteiger partial charge in [-0.3, -0.25) is 0 Å². The number of hydrogen-bond acceptors (Lipinski definition) is 4. The Bertz CT molecular complexity index is 794. The van der Waals surface area contributed by atoms with Crippen molar-refractivity contribution >= 4 is 10.0 Å². The topological polar surface area (TPSA) is 64.6 Å². The molecule has 1 N–H and O–H groups in total. The van der Waals surface area contributed by atoms with Gasteiger partial charge in [-0.2, -0.15) is 0 Å². The minimum absolute atomic E-state index is 0.241. The molecule has 2 aromatic rings. The summed E-state index contributed by atoms with van der Waals surface area (Å²) >= 11 is 0. The van der Waals surface area contributed by atoms with Gasteiger partial charge in [0, 0.05) is 0 Å². The molecule has 0 spiro atoms. The second-order valence-electron chi connectivity index (χ2n) is 5.82. The Morgan fingerprint density at radius 1 is 1.00 bits per heavy atom. The summed E-state index contributed by atoms with van der Waals surface area (Å²) in [7, 11) is -1.98. The largest absolute Gasteiger partial charge is 0.497 e. The molecule has 24 heavy (non-hydrogen) atoms. The molecule has 0 aliphatic heterocycles. The Morgan fingerprint density at radius 3 is 2.08 bits per heavy atom. The van der Waals surface area contributed by atoms with Crippen LogP contribution in [0.4, 0.5) is 0 Å². The lowest BCUT2D eigenvalue weighted by molar-refractivity contribution is 0.340. The molecular formula is C18H21NO4S. The van der Waals surface area contributed by atoms with E-state index in [0.717, 1.165) is 24.2 Å². The van der Waals surface area contributed by atoms with E-state index >= 15 is 0 Å². The van der Waals surface area contributed by atoms with Crippen molar-refractivity contribution in [2.45, 2.75) is 30.2 Å². The van der Waals surface area contributed by atoms with Crippen molar-refractivity contribution < 1.29 is 17.9 Å². The molecule has 0 atom stereocenters. The predicted octanol–water partition coefficient (Wildman–Crippen LogP) is 3.06. The zero-order valence-electron chi connectivity index (χ0n) is 13.8. The van der Waals surface area contributed by atoms with Crippen molar-refractivity contribution in [1.29, 1.82) is 0 Å². The van der Waals surface area contributed by atoms with E-state index in [1.807, 2.05) is 31.2 Å². The first-order valence-electron chi connectivity index (χ1n) is 7.90. The summed E-state index contributed by atoms with van der Waals surface area (Å²) < 4.78 is 38.7. The highest BCUT2D eigenvalue weighted by Crippen LogP contribution is 2.46. The summed E-state index contributed by atoms with van der Waals surface area (Å²) in [5.74, 6) is 1.41. The van der Waals surface area contributed by atoms with E-state index in [2.05, 4.69) is 4.72 Å². The molecule has 1 aliphatic rings. The SMILES string of the molecule is CCOc1ccc(S(=O)(=O)NC2(c3ccc(OC)cc3)CC2)cc1. The molecule has 0 radical (unpaired) electrons. The highest BCUT2D eigenvalue weighted by Gasteiger charge is 2.47. The van der Waals surface area contributed by atoms with E-state index in [-0.39, 0.29) is 4.90 Å². The number of sulfonamides is 1. The molecule has 0 unspecified atom stereocenters. The summed E-state index contributed by atoms with van der Waals surface area (Å²) in [6.45, 7) is 2.43. The van der Waals surface area contributed by atoms with E-state index in [1.54, 1.807) is 31.4 Å². The number of rotatable bonds is 7. The van der Waals surface area contributed by atoms with Crippen LogP contribution in [0.5, 0.6) is 11.5 Å². The maximum Gasteiger partial charge on any atom is 0.241 e. The fourth-order valence-electron chi connectivity index (χ4n) is 2.68. The van der Waals surface area contributed by atoms with Gasteiger partial charge in [-0.15, -0.1) is 0 Å². The van der Waals surface area contributed by atoms with Gasteiger partial charge < -0.3 is 9.47 Å². The maximum atomic E-state index is 12.7. The molecule has 0 bridgehead atoms. The fourth-order valence-corrected chi connectivity index (χ4v) is 4.13. The molecule has 2 aromatic carbocycles. The molecule has 1 fully saturated rings. The Balaban J connectivity index is 1.80. The van der Waals surface area contributed by atoms with Crippen molar-refractivity contribution in [3.8, 4) is 11.5 Å². The molecule has 5 nitrogen and oxygen atoms in total. The van der Waals surface area contributed by atoms with Crippen molar-refractivity contribution in [3.63, 3.8) is 0 Å². The molecule has 3 rings (SSSR count). The second kappa shape index (κ2) is 6.45. The Labute approximate surface area is 142 Å². The molecule has 0 aromatic heterocycles. The third-order valence-corrected chi connectivity index (χ3v) is 5.72. The zero-order chi connectivity index (χ0) is 17.2. The van der Waals surface area contributed by atoms with Crippen LogP contribution in [0.15, 0.2) is 53.4 Å². The average molecular weight is 347 g/mol. The first-order valence-corrected chi connectivity index (χ1v) is 9.39. The van der Waals surface area contributed by atoms with Gasteiger partial charge in [0.1, 0.15) is 11.5 Å². The highest BCUT2D eigenvalue weighted by atomic mass is 32.2. The summed E-state index contributed by atoms with van der Waals surface area (Å²) in [5.41, 5.74) is 0.446. The number of hydrogen-bond donors (Lipinski definition) is 1. The van der Waals surface area contributed by atoms with Crippen LogP contribution >= 0.6 is 0 Å². The van der Waals surface area contributed by atoms with E-state index in [0.29, 0.717) is 12.4 Å². The average Bonchev–Trinajstić information content (AvgIpc) is 3.36. The first-order chi connectivity index (χ1) is 11.5. The second-order valence-corrected chi connectivity index (χ2v) is 7.50. The van der Waals surface area contributed by atoms with Gasteiger partial charge in [0.25, 0.3) is 0 Å². The van der Waals surface area contributed by atoms with Crippen LogP contribution in [0.3, 0.4) is 0 Å². The predicted molar refractivity (Wildman–Crippen MR) is 91.8 cm³/mol. The van der Waals surface area contributed by atoms with E-state index in [9.17, 15) is 8.42 Å². The molecule has 128 valence electrons. The summed E-state index contributed by atoms with van der Waals surface area (Å²) in [4.78, 5) is 0.241.